The smallest absolute Gasteiger partial charge is 0.156 e. The molecule has 0 saturated heterocycles. The fourth-order valence-corrected chi connectivity index (χ4v) is 21.3. The Hall–Kier alpha value is -14.3. The summed E-state index contributed by atoms with van der Waals surface area (Å²) >= 11 is 10.2. The molecule has 0 fully saturated rings. The number of nitrogens with one attached hydrogen (secondary N) is 1. The molecule has 0 aliphatic rings. The minimum atomic E-state index is 0.592. The Balaban J connectivity index is 0.000000110. The summed E-state index contributed by atoms with van der Waals surface area (Å²) in [6.45, 7) is 0. The molecule has 6 nitrogen and oxygen atoms in total. The van der Waals surface area contributed by atoms with Crippen LogP contribution in [0.15, 0.2) is 376 Å². The number of aromatic nitrogens is 6. The molecule has 0 aliphatic heterocycles. The second-order valence-corrected chi connectivity index (χ2v) is 32.4. The second kappa shape index (κ2) is 25.9. The maximum atomic E-state index is 6.66. The van der Waals surface area contributed by atoms with Crippen molar-refractivity contribution in [1.29, 1.82) is 0 Å². The van der Waals surface area contributed by atoms with Gasteiger partial charge in [-0.05, 0) is 164 Å². The highest BCUT2D eigenvalue weighted by molar-refractivity contribution is 7.27. The lowest BCUT2D eigenvalue weighted by Crippen LogP contribution is -1.99. The van der Waals surface area contributed by atoms with Gasteiger partial charge >= 0.3 is 0 Å². The molecule has 0 amide bonds. The third-order valence-corrected chi connectivity index (χ3v) is 26.5. The van der Waals surface area contributed by atoms with Crippen molar-refractivity contribution in [3.8, 4) is 39.4 Å². The largest absolute Gasteiger partial charge is 0.355 e. The van der Waals surface area contributed by atoms with Crippen LogP contribution in [0.2, 0.25) is 5.15 Å². The lowest BCUT2D eigenvalue weighted by Gasteiger charge is -2.15. The van der Waals surface area contributed by atoms with Gasteiger partial charge in [-0.25, -0.2) is 9.97 Å². The van der Waals surface area contributed by atoms with Crippen molar-refractivity contribution in [2.24, 2.45) is 0 Å². The molecule has 26 rings (SSSR count). The molecule has 0 radical (unpaired) electrons. The number of para-hydroxylation sites is 6. The maximum absolute atomic E-state index is 6.66. The summed E-state index contributed by atoms with van der Waals surface area (Å²) in [6, 6.07) is 136. The number of hydrogen-bond donors (Lipinski definition) is 1. The number of thiophene rings is 2. The molecule has 8 heterocycles. The third kappa shape index (κ3) is 10.1. The summed E-state index contributed by atoms with van der Waals surface area (Å²) < 4.78 is 12.0. The summed E-state index contributed by atoms with van der Waals surface area (Å²) in [7, 11) is 0. The Morgan fingerprint density at radius 2 is 0.548 bits per heavy atom. The molecule has 536 valence electrons. The van der Waals surface area contributed by atoms with Gasteiger partial charge < -0.3 is 14.1 Å². The first-order chi connectivity index (χ1) is 57.0. The summed E-state index contributed by atoms with van der Waals surface area (Å²) in [4.78, 5) is 14.1. The topological polar surface area (TPSA) is 56.4 Å². The molecule has 26 aromatic rings. The van der Waals surface area contributed by atoms with E-state index in [-0.39, 0.29) is 0 Å². The van der Waals surface area contributed by atoms with Crippen LogP contribution in [0.3, 0.4) is 0 Å². The fraction of sp³-hybridized carbons (Fsp3) is 0. The summed E-state index contributed by atoms with van der Waals surface area (Å²) in [5.41, 5.74) is 18.8. The molecule has 1 N–H and O–H groups in total. The number of nitrogens with zero attached hydrogens (tertiary/aromatic N) is 5. The van der Waals surface area contributed by atoms with E-state index in [9.17, 15) is 0 Å². The third-order valence-electron chi connectivity index (χ3n) is 23.8. The van der Waals surface area contributed by atoms with Crippen molar-refractivity contribution in [2.75, 3.05) is 0 Å². The first-order valence-electron chi connectivity index (χ1n) is 39.0. The van der Waals surface area contributed by atoms with Gasteiger partial charge in [-0.1, -0.05) is 279 Å². The number of fused-ring (bicyclic) bond motifs is 32. The minimum Gasteiger partial charge on any atom is -0.355 e. The first kappa shape index (κ1) is 65.5. The van der Waals surface area contributed by atoms with Crippen LogP contribution in [0.25, 0.3) is 232 Å². The second-order valence-electron chi connectivity index (χ2n) is 29.9. The lowest BCUT2D eigenvalue weighted by molar-refractivity contribution is 1.13. The summed E-state index contributed by atoms with van der Waals surface area (Å²) in [6.07, 6.45) is 0. The molecule has 0 aliphatic carbocycles. The Morgan fingerprint density at radius 3 is 1.03 bits per heavy atom. The van der Waals surface area contributed by atoms with Gasteiger partial charge in [-0.3, -0.25) is 4.57 Å². The van der Waals surface area contributed by atoms with Crippen LogP contribution in [-0.4, -0.2) is 28.7 Å². The van der Waals surface area contributed by atoms with Crippen molar-refractivity contribution in [1.82, 2.24) is 28.7 Å². The number of rotatable bonds is 5. The molecular formula is C106H63ClN6S2. The number of halogens is 1. The predicted octanol–water partition coefficient (Wildman–Crippen LogP) is 30.4. The van der Waals surface area contributed by atoms with Crippen molar-refractivity contribution >= 4 is 227 Å². The Bertz CT molecular complexity index is 8580. The fourth-order valence-electron chi connectivity index (χ4n) is 18.8. The van der Waals surface area contributed by atoms with Gasteiger partial charge in [0.15, 0.2) is 5.82 Å². The number of aromatic amines is 1. The van der Waals surface area contributed by atoms with E-state index in [2.05, 4.69) is 395 Å². The van der Waals surface area contributed by atoms with Gasteiger partial charge in [-0.15, -0.1) is 22.7 Å². The highest BCUT2D eigenvalue weighted by atomic mass is 35.5. The van der Waals surface area contributed by atoms with E-state index in [1.54, 1.807) is 11.3 Å². The van der Waals surface area contributed by atoms with Gasteiger partial charge in [0.1, 0.15) is 5.15 Å². The zero-order chi connectivity index (χ0) is 75.5. The Kier molecular flexibility index (Phi) is 14.7. The van der Waals surface area contributed by atoms with Crippen molar-refractivity contribution in [2.45, 2.75) is 0 Å². The van der Waals surface area contributed by atoms with Crippen LogP contribution in [0, 0.1) is 0 Å². The van der Waals surface area contributed by atoms with Gasteiger partial charge in [0.05, 0.1) is 53.5 Å². The summed E-state index contributed by atoms with van der Waals surface area (Å²) in [5.74, 6) is 0.980. The number of H-pyrrole nitrogens is 1. The number of pyridine rings is 2. The molecule has 0 unspecified atom stereocenters. The molecule has 0 bridgehead atoms. The van der Waals surface area contributed by atoms with Crippen molar-refractivity contribution < 1.29 is 0 Å². The molecule has 9 heteroatoms. The quantitative estimate of drug-likeness (QED) is 0.138. The molecule has 115 heavy (non-hydrogen) atoms. The van der Waals surface area contributed by atoms with Crippen LogP contribution in [0.4, 0.5) is 0 Å². The van der Waals surface area contributed by atoms with Gasteiger partial charge in [-0.2, -0.15) is 0 Å². The average Bonchev–Trinajstić information content (AvgIpc) is 1.72. The number of benzene rings is 18. The highest BCUT2D eigenvalue weighted by Crippen LogP contribution is 2.50. The van der Waals surface area contributed by atoms with Gasteiger partial charge in [0.25, 0.3) is 0 Å². The monoisotopic (exact) mass is 1520 g/mol. The average molecular weight is 1520 g/mol. The van der Waals surface area contributed by atoms with Crippen LogP contribution >= 0.6 is 34.3 Å². The molecule has 0 atom stereocenters. The molecule has 0 saturated carbocycles. The van der Waals surface area contributed by atoms with E-state index in [0.29, 0.717) is 5.15 Å². The van der Waals surface area contributed by atoms with Crippen LogP contribution in [-0.2, 0) is 0 Å². The Morgan fingerprint density at radius 1 is 0.226 bits per heavy atom. The van der Waals surface area contributed by atoms with E-state index in [1.165, 1.54) is 194 Å². The van der Waals surface area contributed by atoms with Gasteiger partial charge in [0.2, 0.25) is 0 Å². The maximum Gasteiger partial charge on any atom is 0.156 e. The zero-order valence-corrected chi connectivity index (χ0v) is 64.1. The van der Waals surface area contributed by atoms with E-state index in [4.69, 9.17) is 21.6 Å². The van der Waals surface area contributed by atoms with Crippen molar-refractivity contribution in [3.63, 3.8) is 0 Å². The van der Waals surface area contributed by atoms with Crippen LogP contribution in [0.5, 0.6) is 0 Å². The van der Waals surface area contributed by atoms with E-state index in [0.717, 1.165) is 38.0 Å². The normalized spacial score (nSPS) is 12.0. The highest BCUT2D eigenvalue weighted by Gasteiger charge is 2.26. The SMILES string of the molecule is Clc1nc2c3ccccc3c3ccccc3c2c2c1sc1ccccc12.c1ccc(-n2c3ccccc3c3cc(-c4ccc5[nH]c6ccccc6c5c4)ccc32)cc1.c1ccc(-n2c3ccccc3c3cc(-c4ccc5c(c4)c4ccccc4n5-c4nc5c6ccccc6c6ccccc6c5c5c4sc4ccccc45)ccc32)cc1. The first-order valence-corrected chi connectivity index (χ1v) is 41.0. The minimum absolute atomic E-state index is 0.592. The molecular weight excluding hydrogens is 1460 g/mol. The van der Waals surface area contributed by atoms with E-state index in [1.807, 2.05) is 11.3 Å². The van der Waals surface area contributed by atoms with Crippen LogP contribution in [0.1, 0.15) is 0 Å². The number of hydrogen-bond acceptors (Lipinski definition) is 4. The lowest BCUT2D eigenvalue weighted by atomic mass is 9.94. The zero-order valence-electron chi connectivity index (χ0n) is 61.7. The predicted molar refractivity (Wildman–Crippen MR) is 494 cm³/mol. The molecule has 0 spiro atoms. The molecule has 18 aromatic carbocycles. The van der Waals surface area contributed by atoms with Crippen LogP contribution < -0.4 is 0 Å². The van der Waals surface area contributed by atoms with E-state index < -0.39 is 0 Å². The standard InChI is InChI=1S/C53H31N3S.C30H20N2.C23H12ClNS/c1-2-14-34(15-3-1)55-44-23-11-8-18-37(44)42-30-32(26-28-46(42)55)33-27-29-47-43(31-33)38-19-9-12-24-45(38)56(47)53-52-50(41-22-10-13-25-48(41)57-52)49-39-20-6-4-16-35(39)36-17-5-7-21-40(36)51(49)54-53;1-2-8-22(9-3-1)32-29-13-7-5-11-24(29)26-19-21(15-17-30(26)32)20-14-16-28-25(18-20)23-10-4-6-12-27(23)31-28;24-23-22-20(17-11-5-6-12-18(17)26-22)19-15-9-3-1-7-13(15)14-8-2-4-10-16(14)21(19)25-23/h1-31H;1-19,31H;1-12H. The molecule has 8 aromatic heterocycles. The van der Waals surface area contributed by atoms with Crippen molar-refractivity contribution in [3.05, 3.63) is 381 Å². The Labute approximate surface area is 671 Å². The van der Waals surface area contributed by atoms with Gasteiger partial charge in [0, 0.05) is 118 Å². The summed E-state index contributed by atoms with van der Waals surface area (Å²) in [5, 5.41) is 27.9. The van der Waals surface area contributed by atoms with E-state index >= 15 is 0 Å².